The number of H-pyrrole nitrogens is 1. The number of aromatic amines is 1. The fraction of sp³-hybridized carbons (Fsp3) is 0.524. The number of hydrogen-bond donors (Lipinski definition) is 1. The number of benzene rings is 1. The van der Waals surface area contributed by atoms with Crippen LogP contribution in [0.25, 0.3) is 0 Å². The van der Waals surface area contributed by atoms with Crippen molar-refractivity contribution in [1.29, 1.82) is 0 Å². The zero-order chi connectivity index (χ0) is 17.0. The van der Waals surface area contributed by atoms with Crippen molar-refractivity contribution in [1.82, 2.24) is 10.2 Å². The molecular formula is C21H24N2O2. The molecule has 1 N–H and O–H groups in total. The Morgan fingerprint density at radius 1 is 1.20 bits per heavy atom. The van der Waals surface area contributed by atoms with E-state index < -0.39 is 0 Å². The lowest BCUT2D eigenvalue weighted by Gasteiger charge is -2.44. The van der Waals surface area contributed by atoms with Gasteiger partial charge in [0, 0.05) is 17.2 Å². The topological polar surface area (TPSA) is 55.0 Å². The van der Waals surface area contributed by atoms with E-state index in [4.69, 9.17) is 4.74 Å². The van der Waals surface area contributed by atoms with Crippen molar-refractivity contribution in [3.63, 3.8) is 0 Å². The van der Waals surface area contributed by atoms with Crippen LogP contribution in [0.3, 0.4) is 0 Å². The quantitative estimate of drug-likeness (QED) is 0.844. The fourth-order valence-corrected chi connectivity index (χ4v) is 5.78. The Bertz CT molecular complexity index is 825. The van der Waals surface area contributed by atoms with Crippen molar-refractivity contribution in [3.8, 4) is 0 Å². The number of aromatic nitrogens is 2. The molecule has 1 aromatic carbocycles. The van der Waals surface area contributed by atoms with Gasteiger partial charge in [-0.15, -0.1) is 0 Å². The summed E-state index contributed by atoms with van der Waals surface area (Å²) >= 11 is 0. The normalized spacial score (nSPS) is 29.3. The highest BCUT2D eigenvalue weighted by Crippen LogP contribution is 2.56. The molecule has 0 saturated heterocycles. The van der Waals surface area contributed by atoms with Gasteiger partial charge in [0.1, 0.15) is 0 Å². The average Bonchev–Trinajstić information content (AvgIpc) is 3.20. The van der Waals surface area contributed by atoms with Crippen LogP contribution in [0.15, 0.2) is 24.3 Å². The maximum absolute atomic E-state index is 12.2. The van der Waals surface area contributed by atoms with E-state index in [1.807, 2.05) is 6.92 Å². The number of hydrogen-bond acceptors (Lipinski definition) is 3. The first-order chi connectivity index (χ1) is 12.3. The summed E-state index contributed by atoms with van der Waals surface area (Å²) in [7, 11) is 0. The molecule has 4 nitrogen and oxygen atoms in total. The van der Waals surface area contributed by atoms with Gasteiger partial charge in [-0.2, -0.15) is 5.10 Å². The van der Waals surface area contributed by atoms with Crippen LogP contribution in [0.4, 0.5) is 0 Å². The van der Waals surface area contributed by atoms with Crippen molar-refractivity contribution in [2.45, 2.75) is 50.9 Å². The second-order valence-corrected chi connectivity index (χ2v) is 7.74. The zero-order valence-electron chi connectivity index (χ0n) is 14.6. The van der Waals surface area contributed by atoms with E-state index in [0.29, 0.717) is 30.1 Å². The van der Waals surface area contributed by atoms with Crippen molar-refractivity contribution in [2.24, 2.45) is 11.8 Å². The van der Waals surface area contributed by atoms with Gasteiger partial charge in [-0.1, -0.05) is 24.3 Å². The van der Waals surface area contributed by atoms with Crippen LogP contribution in [0.1, 0.15) is 70.9 Å². The molecule has 5 rings (SSSR count). The molecule has 0 amide bonds. The Morgan fingerprint density at radius 2 is 2.04 bits per heavy atom. The molecule has 4 unspecified atom stereocenters. The second kappa shape index (κ2) is 5.72. The van der Waals surface area contributed by atoms with E-state index in [0.717, 1.165) is 17.9 Å². The lowest BCUT2D eigenvalue weighted by atomic mass is 9.60. The van der Waals surface area contributed by atoms with E-state index in [2.05, 4.69) is 34.5 Å². The van der Waals surface area contributed by atoms with Gasteiger partial charge in [-0.25, -0.2) is 4.79 Å². The summed E-state index contributed by atoms with van der Waals surface area (Å²) in [5.74, 6) is 2.32. The van der Waals surface area contributed by atoms with Crippen LogP contribution < -0.4 is 0 Å². The van der Waals surface area contributed by atoms with Crippen LogP contribution in [0.5, 0.6) is 0 Å². The monoisotopic (exact) mass is 336 g/mol. The molecule has 1 fully saturated rings. The lowest BCUT2D eigenvalue weighted by Crippen LogP contribution is -2.34. The van der Waals surface area contributed by atoms with E-state index in [-0.39, 0.29) is 5.97 Å². The molecule has 1 heterocycles. The van der Waals surface area contributed by atoms with Crippen LogP contribution >= 0.6 is 0 Å². The molecule has 25 heavy (non-hydrogen) atoms. The summed E-state index contributed by atoms with van der Waals surface area (Å²) in [6.45, 7) is 2.24. The molecule has 1 aromatic heterocycles. The molecule has 130 valence electrons. The van der Waals surface area contributed by atoms with E-state index >= 15 is 0 Å². The van der Waals surface area contributed by atoms with Crippen LogP contribution in [0.2, 0.25) is 0 Å². The smallest absolute Gasteiger partial charge is 0.359 e. The third-order valence-corrected chi connectivity index (χ3v) is 6.75. The highest BCUT2D eigenvalue weighted by Gasteiger charge is 2.48. The molecule has 1 saturated carbocycles. The maximum Gasteiger partial charge on any atom is 0.359 e. The molecular weight excluding hydrogens is 312 g/mol. The largest absolute Gasteiger partial charge is 0.461 e. The molecule has 0 aliphatic heterocycles. The van der Waals surface area contributed by atoms with Crippen molar-refractivity contribution in [2.75, 3.05) is 6.61 Å². The van der Waals surface area contributed by atoms with Gasteiger partial charge in [0.25, 0.3) is 0 Å². The summed E-state index contributed by atoms with van der Waals surface area (Å²) < 4.78 is 5.20. The first-order valence-corrected chi connectivity index (χ1v) is 9.60. The van der Waals surface area contributed by atoms with E-state index in [1.165, 1.54) is 31.4 Å². The molecule has 0 spiro atoms. The Morgan fingerprint density at radius 3 is 2.92 bits per heavy atom. The Hall–Kier alpha value is -2.10. The minimum absolute atomic E-state index is 0.274. The first kappa shape index (κ1) is 15.2. The van der Waals surface area contributed by atoms with Gasteiger partial charge in [0.2, 0.25) is 0 Å². The summed E-state index contributed by atoms with van der Waals surface area (Å²) in [5.41, 5.74) is 6.00. The van der Waals surface area contributed by atoms with Crippen molar-refractivity contribution < 1.29 is 9.53 Å². The molecule has 0 bridgehead atoms. The number of nitrogens with zero attached hydrogens (tertiary/aromatic N) is 1. The SMILES string of the molecule is CCOC(=O)c1n[nH]c2c1CC1C2CCC2c3ccccc3CCC21. The van der Waals surface area contributed by atoms with Gasteiger partial charge in [-0.3, -0.25) is 5.10 Å². The zero-order valence-corrected chi connectivity index (χ0v) is 14.6. The van der Waals surface area contributed by atoms with E-state index in [1.54, 1.807) is 11.1 Å². The van der Waals surface area contributed by atoms with Crippen LogP contribution in [-0.2, 0) is 17.6 Å². The Kier molecular flexibility index (Phi) is 3.47. The molecule has 0 radical (unpaired) electrons. The van der Waals surface area contributed by atoms with Gasteiger partial charge < -0.3 is 4.74 Å². The number of ether oxygens (including phenoxy) is 1. The van der Waals surface area contributed by atoms with Gasteiger partial charge in [-0.05, 0) is 67.9 Å². The van der Waals surface area contributed by atoms with E-state index in [9.17, 15) is 4.79 Å². The van der Waals surface area contributed by atoms with Gasteiger partial charge >= 0.3 is 5.97 Å². The summed E-state index contributed by atoms with van der Waals surface area (Å²) in [4.78, 5) is 12.2. The third-order valence-electron chi connectivity index (χ3n) is 6.75. The number of rotatable bonds is 2. The highest BCUT2D eigenvalue weighted by molar-refractivity contribution is 5.89. The highest BCUT2D eigenvalue weighted by atomic mass is 16.5. The molecule has 4 heteroatoms. The van der Waals surface area contributed by atoms with Crippen molar-refractivity contribution in [3.05, 3.63) is 52.3 Å². The standard InChI is InChI=1S/C21H24N2O2/c1-2-25-21(24)20-18-11-17-15-8-7-12-5-3-4-6-13(12)14(15)9-10-16(17)19(18)22-23-20/h3-6,14-17H,2,7-11H2,1H3,(H,22,23). The van der Waals surface area contributed by atoms with Gasteiger partial charge in [0.05, 0.1) is 6.61 Å². The summed E-state index contributed by atoms with van der Waals surface area (Å²) in [6, 6.07) is 9.00. The fourth-order valence-electron chi connectivity index (χ4n) is 5.78. The minimum atomic E-state index is -0.274. The molecule has 4 atom stereocenters. The molecule has 3 aliphatic rings. The van der Waals surface area contributed by atoms with Crippen LogP contribution in [0, 0.1) is 11.8 Å². The number of carbonyl (C=O) groups is 1. The Balaban J connectivity index is 1.46. The lowest BCUT2D eigenvalue weighted by molar-refractivity contribution is 0.0517. The van der Waals surface area contributed by atoms with Gasteiger partial charge in [0.15, 0.2) is 5.69 Å². The third kappa shape index (κ3) is 2.19. The summed E-state index contributed by atoms with van der Waals surface area (Å²) in [5, 5.41) is 7.48. The van der Waals surface area contributed by atoms with Crippen molar-refractivity contribution >= 4 is 5.97 Å². The number of nitrogens with one attached hydrogen (secondary N) is 1. The molecule has 3 aliphatic carbocycles. The number of esters is 1. The summed E-state index contributed by atoms with van der Waals surface area (Å²) in [6.07, 6.45) is 5.88. The number of fused-ring (bicyclic) bond motifs is 7. The Labute approximate surface area is 148 Å². The molecule has 2 aromatic rings. The first-order valence-electron chi connectivity index (χ1n) is 9.60. The predicted molar refractivity (Wildman–Crippen MR) is 94.7 cm³/mol. The predicted octanol–water partition coefficient (Wildman–Crippen LogP) is 3.98. The maximum atomic E-state index is 12.2. The second-order valence-electron chi connectivity index (χ2n) is 7.74. The average molecular weight is 336 g/mol. The van der Waals surface area contributed by atoms with Crippen LogP contribution in [-0.4, -0.2) is 22.8 Å². The minimum Gasteiger partial charge on any atom is -0.461 e. The number of aryl methyl sites for hydroxylation is 1. The number of carbonyl (C=O) groups excluding carboxylic acids is 1.